The number of nitrogens with one attached hydrogen (secondary N) is 2. The van der Waals surface area contributed by atoms with Gasteiger partial charge >= 0.3 is 0 Å². The summed E-state index contributed by atoms with van der Waals surface area (Å²) in [6, 6.07) is 6.10. The Morgan fingerprint density at radius 2 is 2.25 bits per heavy atom. The Labute approximate surface area is 123 Å². The van der Waals surface area contributed by atoms with Gasteiger partial charge in [-0.05, 0) is 56.9 Å². The molecule has 0 fully saturated rings. The van der Waals surface area contributed by atoms with Gasteiger partial charge in [-0.2, -0.15) is 0 Å². The van der Waals surface area contributed by atoms with Crippen molar-refractivity contribution in [2.75, 3.05) is 0 Å². The molecule has 1 aliphatic rings. The number of amides is 1. The van der Waals surface area contributed by atoms with Crippen LogP contribution in [0.4, 0.5) is 0 Å². The number of aryl methyl sites for hydroxylation is 1. The lowest BCUT2D eigenvalue weighted by atomic mass is 9.85. The Morgan fingerprint density at radius 1 is 1.45 bits per heavy atom. The first kappa shape index (κ1) is 13.5. The van der Waals surface area contributed by atoms with Gasteiger partial charge in [-0.1, -0.05) is 11.6 Å². The van der Waals surface area contributed by atoms with E-state index in [0.29, 0.717) is 0 Å². The van der Waals surface area contributed by atoms with Crippen LogP contribution in [0.2, 0.25) is 5.02 Å². The van der Waals surface area contributed by atoms with E-state index in [1.807, 2.05) is 32.0 Å². The number of hydrogen-bond acceptors (Lipinski definition) is 1. The van der Waals surface area contributed by atoms with Gasteiger partial charge in [0, 0.05) is 33.6 Å². The van der Waals surface area contributed by atoms with Crippen LogP contribution < -0.4 is 5.32 Å². The number of carbonyl (C=O) groups is 1. The average molecular weight is 291 g/mol. The van der Waals surface area contributed by atoms with Crippen LogP contribution in [0.1, 0.15) is 31.5 Å². The lowest BCUT2D eigenvalue weighted by Gasteiger charge is -2.23. The standard InChI is InChI=1S/C16H19ClN2O/c1-9(2)18-16(20)10-3-5-14-12(7-10)13-8-11(17)4-6-15(13)19-14/h4,6,8-10,19H,3,5,7H2,1-2H3,(H,18,20). The van der Waals surface area contributed by atoms with Gasteiger partial charge in [0.25, 0.3) is 0 Å². The number of halogens is 1. The molecule has 1 heterocycles. The van der Waals surface area contributed by atoms with Gasteiger partial charge in [-0.25, -0.2) is 0 Å². The van der Waals surface area contributed by atoms with E-state index in [4.69, 9.17) is 11.6 Å². The zero-order valence-electron chi connectivity index (χ0n) is 11.8. The van der Waals surface area contributed by atoms with Gasteiger partial charge in [0.05, 0.1) is 0 Å². The highest BCUT2D eigenvalue weighted by molar-refractivity contribution is 6.31. The molecule has 1 amide bonds. The van der Waals surface area contributed by atoms with Crippen molar-refractivity contribution in [1.29, 1.82) is 0 Å². The van der Waals surface area contributed by atoms with Crippen molar-refractivity contribution in [1.82, 2.24) is 10.3 Å². The fourth-order valence-corrected chi connectivity index (χ4v) is 3.19. The highest BCUT2D eigenvalue weighted by Gasteiger charge is 2.27. The number of carbonyl (C=O) groups excluding carboxylic acids is 1. The second-order valence-corrected chi connectivity index (χ2v) is 6.31. The number of aromatic nitrogens is 1. The number of benzene rings is 1. The van der Waals surface area contributed by atoms with Crippen molar-refractivity contribution in [2.24, 2.45) is 5.92 Å². The summed E-state index contributed by atoms with van der Waals surface area (Å²) < 4.78 is 0. The molecule has 3 rings (SSSR count). The van der Waals surface area contributed by atoms with Crippen LogP contribution in [-0.2, 0) is 17.6 Å². The largest absolute Gasteiger partial charge is 0.358 e. The summed E-state index contributed by atoms with van der Waals surface area (Å²) in [5.41, 5.74) is 3.64. The molecule has 106 valence electrons. The lowest BCUT2D eigenvalue weighted by molar-refractivity contribution is -0.125. The Hall–Kier alpha value is -1.48. The molecule has 2 N–H and O–H groups in total. The predicted octanol–water partition coefficient (Wildman–Crippen LogP) is 3.45. The van der Waals surface area contributed by atoms with E-state index in [2.05, 4.69) is 10.3 Å². The summed E-state index contributed by atoms with van der Waals surface area (Å²) in [6.45, 7) is 4.00. The predicted molar refractivity (Wildman–Crippen MR) is 82.1 cm³/mol. The molecule has 0 saturated carbocycles. The Balaban J connectivity index is 1.92. The van der Waals surface area contributed by atoms with Crippen LogP contribution in [0.15, 0.2) is 18.2 Å². The van der Waals surface area contributed by atoms with Gasteiger partial charge < -0.3 is 10.3 Å². The van der Waals surface area contributed by atoms with Crippen LogP contribution in [0.25, 0.3) is 10.9 Å². The quantitative estimate of drug-likeness (QED) is 0.874. The monoisotopic (exact) mass is 290 g/mol. The average Bonchev–Trinajstić information content (AvgIpc) is 2.75. The molecule has 0 spiro atoms. The third-order valence-corrected chi connectivity index (χ3v) is 4.19. The maximum Gasteiger partial charge on any atom is 0.223 e. The lowest BCUT2D eigenvalue weighted by Crippen LogP contribution is -2.37. The van der Waals surface area contributed by atoms with Crippen LogP contribution in [0.3, 0.4) is 0 Å². The molecule has 3 nitrogen and oxygen atoms in total. The van der Waals surface area contributed by atoms with Crippen molar-refractivity contribution in [2.45, 2.75) is 39.2 Å². The Morgan fingerprint density at radius 3 is 3.00 bits per heavy atom. The first-order valence-corrected chi connectivity index (χ1v) is 7.51. The van der Waals surface area contributed by atoms with Gasteiger partial charge in [0.15, 0.2) is 0 Å². The highest BCUT2D eigenvalue weighted by Crippen LogP contribution is 2.33. The highest BCUT2D eigenvalue weighted by atomic mass is 35.5. The van der Waals surface area contributed by atoms with Crippen LogP contribution >= 0.6 is 11.6 Å². The molecule has 1 atom stereocenters. The van der Waals surface area contributed by atoms with E-state index in [1.54, 1.807) is 0 Å². The third kappa shape index (κ3) is 2.42. The molecule has 20 heavy (non-hydrogen) atoms. The zero-order valence-corrected chi connectivity index (χ0v) is 12.6. The number of hydrogen-bond donors (Lipinski definition) is 2. The summed E-state index contributed by atoms with van der Waals surface area (Å²) in [5.74, 6) is 0.241. The molecule has 0 radical (unpaired) electrons. The number of fused-ring (bicyclic) bond motifs is 3. The molecular weight excluding hydrogens is 272 g/mol. The minimum Gasteiger partial charge on any atom is -0.358 e. The maximum atomic E-state index is 12.2. The van der Waals surface area contributed by atoms with Crippen LogP contribution in [0, 0.1) is 5.92 Å². The summed E-state index contributed by atoms with van der Waals surface area (Å²) >= 11 is 6.09. The fraction of sp³-hybridized carbons (Fsp3) is 0.438. The molecule has 4 heteroatoms. The SMILES string of the molecule is CC(C)NC(=O)C1CCc2[nH]c3ccc(Cl)cc3c2C1. The Kier molecular flexibility index (Phi) is 3.47. The second kappa shape index (κ2) is 5.13. The van der Waals surface area contributed by atoms with E-state index in [9.17, 15) is 4.79 Å². The molecule has 1 aromatic heterocycles. The van der Waals surface area contributed by atoms with Crippen molar-refractivity contribution in [3.05, 3.63) is 34.5 Å². The third-order valence-electron chi connectivity index (χ3n) is 3.95. The summed E-state index contributed by atoms with van der Waals surface area (Å²) in [6.07, 6.45) is 2.64. The summed E-state index contributed by atoms with van der Waals surface area (Å²) in [7, 11) is 0. The smallest absolute Gasteiger partial charge is 0.223 e. The number of rotatable bonds is 2. The van der Waals surface area contributed by atoms with E-state index in [1.165, 1.54) is 11.3 Å². The first-order chi connectivity index (χ1) is 9.54. The summed E-state index contributed by atoms with van der Waals surface area (Å²) in [5, 5.41) is 4.92. The molecule has 2 aromatic rings. The zero-order chi connectivity index (χ0) is 14.3. The molecule has 0 saturated heterocycles. The molecule has 1 aromatic carbocycles. The maximum absolute atomic E-state index is 12.2. The Bertz CT molecular complexity index is 660. The molecule has 1 aliphatic carbocycles. The van der Waals surface area contributed by atoms with Crippen molar-refractivity contribution < 1.29 is 4.79 Å². The van der Waals surface area contributed by atoms with Crippen molar-refractivity contribution >= 4 is 28.4 Å². The molecule has 1 unspecified atom stereocenters. The minimum atomic E-state index is 0.0721. The van der Waals surface area contributed by atoms with Gasteiger partial charge in [0.2, 0.25) is 5.91 Å². The van der Waals surface area contributed by atoms with Crippen LogP contribution in [0.5, 0.6) is 0 Å². The van der Waals surface area contributed by atoms with Crippen molar-refractivity contribution in [3.63, 3.8) is 0 Å². The number of H-pyrrole nitrogens is 1. The minimum absolute atomic E-state index is 0.0721. The molecule has 0 bridgehead atoms. The van der Waals surface area contributed by atoms with E-state index < -0.39 is 0 Å². The fourth-order valence-electron chi connectivity index (χ4n) is 3.02. The topological polar surface area (TPSA) is 44.9 Å². The van der Waals surface area contributed by atoms with E-state index >= 15 is 0 Å². The van der Waals surface area contributed by atoms with Crippen LogP contribution in [-0.4, -0.2) is 16.9 Å². The van der Waals surface area contributed by atoms with Gasteiger partial charge in [0.1, 0.15) is 0 Å². The molecular formula is C16H19ClN2O. The first-order valence-electron chi connectivity index (χ1n) is 7.14. The van der Waals surface area contributed by atoms with Crippen molar-refractivity contribution in [3.8, 4) is 0 Å². The second-order valence-electron chi connectivity index (χ2n) is 5.88. The van der Waals surface area contributed by atoms with Gasteiger partial charge in [-0.15, -0.1) is 0 Å². The number of aromatic amines is 1. The summed E-state index contributed by atoms with van der Waals surface area (Å²) in [4.78, 5) is 15.6. The van der Waals surface area contributed by atoms with Gasteiger partial charge in [-0.3, -0.25) is 4.79 Å². The normalized spacial score (nSPS) is 18.3. The van der Waals surface area contributed by atoms with E-state index in [-0.39, 0.29) is 17.9 Å². The van der Waals surface area contributed by atoms with E-state index in [0.717, 1.165) is 35.2 Å². The molecule has 0 aliphatic heterocycles.